The van der Waals surface area contributed by atoms with Gasteiger partial charge in [0.1, 0.15) is 5.75 Å². The Labute approximate surface area is 111 Å². The second kappa shape index (κ2) is 6.20. The van der Waals surface area contributed by atoms with Crippen LogP contribution in [0.4, 0.5) is 0 Å². The van der Waals surface area contributed by atoms with Crippen LogP contribution in [0.15, 0.2) is 12.1 Å². The van der Waals surface area contributed by atoms with E-state index in [9.17, 15) is 4.79 Å². The number of rotatable bonds is 4. The number of benzene rings is 1. The molecule has 6 heteroatoms. The van der Waals surface area contributed by atoms with E-state index in [-0.39, 0.29) is 5.17 Å². The molecule has 0 heterocycles. The lowest BCUT2D eigenvalue weighted by Crippen LogP contribution is -2.25. The van der Waals surface area contributed by atoms with Gasteiger partial charge in [-0.1, -0.05) is 0 Å². The van der Waals surface area contributed by atoms with Gasteiger partial charge < -0.3 is 19.1 Å². The second-order valence-electron chi connectivity index (χ2n) is 3.63. The van der Waals surface area contributed by atoms with Crippen molar-refractivity contribution < 1.29 is 19.0 Å². The van der Waals surface area contributed by atoms with Gasteiger partial charge in [0.25, 0.3) is 5.17 Å². The molecule has 0 aliphatic heterocycles. The molecule has 98 valence electrons. The van der Waals surface area contributed by atoms with Gasteiger partial charge in [-0.2, -0.15) is 0 Å². The van der Waals surface area contributed by atoms with Crippen LogP contribution < -0.4 is 14.2 Å². The summed E-state index contributed by atoms with van der Waals surface area (Å²) in [5, 5.41) is 0.255. The Bertz CT molecular complexity index is 460. The van der Waals surface area contributed by atoms with Crippen molar-refractivity contribution in [1.82, 2.24) is 4.90 Å². The summed E-state index contributed by atoms with van der Waals surface area (Å²) in [6.45, 7) is 0. The van der Waals surface area contributed by atoms with Crippen LogP contribution in [0.25, 0.3) is 0 Å². The predicted molar refractivity (Wildman–Crippen MR) is 71.8 cm³/mol. The predicted octanol–water partition coefficient (Wildman–Crippen LogP) is 1.74. The molecular weight excluding hydrogens is 254 g/mol. The van der Waals surface area contributed by atoms with Gasteiger partial charge in [0.05, 0.1) is 19.8 Å². The number of thiocarbonyl (C=S) groups is 1. The van der Waals surface area contributed by atoms with Gasteiger partial charge in [0.2, 0.25) is 0 Å². The van der Waals surface area contributed by atoms with Crippen LogP contribution >= 0.6 is 12.2 Å². The molecule has 0 spiro atoms. The fourth-order valence-electron chi connectivity index (χ4n) is 1.24. The minimum Gasteiger partial charge on any atom is -0.493 e. The number of carbonyl (C=O) groups excluding carboxylic acids is 1. The number of ether oxygens (including phenoxy) is 3. The van der Waals surface area contributed by atoms with Crippen LogP contribution in [0.2, 0.25) is 0 Å². The van der Waals surface area contributed by atoms with E-state index in [1.807, 2.05) is 0 Å². The highest BCUT2D eigenvalue weighted by atomic mass is 32.1. The van der Waals surface area contributed by atoms with E-state index in [4.69, 9.17) is 26.4 Å². The first-order valence-corrected chi connectivity index (χ1v) is 5.54. The average Bonchev–Trinajstić information content (AvgIpc) is 2.37. The Morgan fingerprint density at radius 3 is 2.17 bits per heavy atom. The monoisotopic (exact) mass is 269 g/mol. The topological polar surface area (TPSA) is 48.0 Å². The van der Waals surface area contributed by atoms with Gasteiger partial charge in [0, 0.05) is 20.2 Å². The van der Waals surface area contributed by atoms with Gasteiger partial charge in [-0.3, -0.25) is 4.79 Å². The molecule has 0 atom stereocenters. The molecule has 0 aromatic heterocycles. The van der Waals surface area contributed by atoms with Crippen LogP contribution in [-0.2, 0) is 0 Å². The van der Waals surface area contributed by atoms with Crippen molar-refractivity contribution in [3.05, 3.63) is 17.7 Å². The van der Waals surface area contributed by atoms with E-state index >= 15 is 0 Å². The normalized spacial score (nSPS) is 9.56. The van der Waals surface area contributed by atoms with E-state index in [0.717, 1.165) is 0 Å². The molecule has 0 N–H and O–H groups in total. The van der Waals surface area contributed by atoms with Crippen LogP contribution in [-0.4, -0.2) is 44.7 Å². The van der Waals surface area contributed by atoms with Crippen molar-refractivity contribution in [2.75, 3.05) is 28.3 Å². The average molecular weight is 269 g/mol. The van der Waals surface area contributed by atoms with Crippen LogP contribution in [0.5, 0.6) is 17.2 Å². The molecule has 0 radical (unpaired) electrons. The lowest BCUT2D eigenvalue weighted by Gasteiger charge is -2.16. The number of nitrogens with zero attached hydrogens (tertiary/aromatic N) is 1. The summed E-state index contributed by atoms with van der Waals surface area (Å²) in [4.78, 5) is 12.6. The van der Waals surface area contributed by atoms with E-state index < -0.39 is 0 Å². The first-order chi connectivity index (χ1) is 8.53. The molecule has 1 aromatic carbocycles. The molecule has 5 nitrogen and oxygen atoms in total. The van der Waals surface area contributed by atoms with Gasteiger partial charge >= 0.3 is 0 Å². The molecule has 0 bridgehead atoms. The van der Waals surface area contributed by atoms with Gasteiger partial charge in [-0.05, 0) is 18.3 Å². The molecule has 1 aromatic rings. The molecule has 0 fully saturated rings. The Morgan fingerprint density at radius 2 is 1.72 bits per heavy atom. The van der Waals surface area contributed by atoms with Gasteiger partial charge in [-0.25, -0.2) is 0 Å². The SMILES string of the molecule is COc1cc(C=O)c(OC(=S)N(C)C)cc1OC. The molecular formula is C12H15NO4S. The summed E-state index contributed by atoms with van der Waals surface area (Å²) >= 11 is 5.02. The van der Waals surface area contributed by atoms with Crippen molar-refractivity contribution in [2.24, 2.45) is 0 Å². The number of methoxy groups -OCH3 is 2. The largest absolute Gasteiger partial charge is 0.493 e. The first-order valence-electron chi connectivity index (χ1n) is 5.13. The summed E-state index contributed by atoms with van der Waals surface area (Å²) in [6.07, 6.45) is 0.676. The standard InChI is InChI=1S/C12H15NO4S/c1-13(2)12(18)17-9-6-11(16-4)10(15-3)5-8(9)7-14/h5-7H,1-4H3. The van der Waals surface area contributed by atoms with Crippen molar-refractivity contribution in [3.63, 3.8) is 0 Å². The third-order valence-corrected chi connectivity index (χ3v) is 2.65. The van der Waals surface area contributed by atoms with Gasteiger partial charge in [0.15, 0.2) is 17.8 Å². The summed E-state index contributed by atoms with van der Waals surface area (Å²) < 4.78 is 15.7. The third-order valence-electron chi connectivity index (χ3n) is 2.21. The van der Waals surface area contributed by atoms with E-state index in [0.29, 0.717) is 29.1 Å². The molecule has 0 saturated heterocycles. The highest BCUT2D eigenvalue weighted by molar-refractivity contribution is 7.80. The van der Waals surface area contributed by atoms with Crippen LogP contribution in [0.3, 0.4) is 0 Å². The minimum atomic E-state index is 0.255. The molecule has 0 saturated carbocycles. The maximum Gasteiger partial charge on any atom is 0.264 e. The summed E-state index contributed by atoms with van der Waals surface area (Å²) in [5.74, 6) is 1.27. The lowest BCUT2D eigenvalue weighted by atomic mass is 10.2. The smallest absolute Gasteiger partial charge is 0.264 e. The molecule has 0 aliphatic rings. The Balaban J connectivity index is 3.17. The van der Waals surface area contributed by atoms with Crippen molar-refractivity contribution in [3.8, 4) is 17.2 Å². The summed E-state index contributed by atoms with van der Waals surface area (Å²) in [7, 11) is 6.51. The second-order valence-corrected chi connectivity index (χ2v) is 3.97. The first kappa shape index (κ1) is 14.2. The Kier molecular flexibility index (Phi) is 4.91. The van der Waals surface area contributed by atoms with Crippen molar-refractivity contribution >= 4 is 23.7 Å². The van der Waals surface area contributed by atoms with Crippen LogP contribution in [0, 0.1) is 0 Å². The highest BCUT2D eigenvalue weighted by Gasteiger charge is 2.14. The molecule has 1 rings (SSSR count). The van der Waals surface area contributed by atoms with Crippen molar-refractivity contribution in [2.45, 2.75) is 0 Å². The Hall–Kier alpha value is -1.82. The summed E-state index contributed by atoms with van der Waals surface area (Å²) in [5.41, 5.74) is 0.344. The third kappa shape index (κ3) is 3.10. The maximum atomic E-state index is 11.0. The fraction of sp³-hybridized carbons (Fsp3) is 0.333. The fourth-order valence-corrected chi connectivity index (χ4v) is 1.33. The lowest BCUT2D eigenvalue weighted by molar-refractivity contribution is 0.112. The van der Waals surface area contributed by atoms with Crippen molar-refractivity contribution in [1.29, 1.82) is 0 Å². The number of aldehydes is 1. The highest BCUT2D eigenvalue weighted by Crippen LogP contribution is 2.34. The number of carbonyl (C=O) groups is 1. The van der Waals surface area contributed by atoms with Crippen LogP contribution in [0.1, 0.15) is 10.4 Å². The molecule has 0 unspecified atom stereocenters. The zero-order valence-electron chi connectivity index (χ0n) is 10.7. The zero-order chi connectivity index (χ0) is 13.7. The molecule has 0 amide bonds. The maximum absolute atomic E-state index is 11.0. The quantitative estimate of drug-likeness (QED) is 0.613. The van der Waals surface area contributed by atoms with Gasteiger partial charge in [-0.15, -0.1) is 0 Å². The molecule has 0 aliphatic carbocycles. The number of hydrogen-bond acceptors (Lipinski definition) is 5. The summed E-state index contributed by atoms with van der Waals surface area (Å²) in [6, 6.07) is 3.11. The van der Waals surface area contributed by atoms with E-state index in [1.165, 1.54) is 14.2 Å². The Morgan fingerprint density at radius 1 is 1.17 bits per heavy atom. The zero-order valence-corrected chi connectivity index (χ0v) is 11.5. The molecule has 18 heavy (non-hydrogen) atoms. The minimum absolute atomic E-state index is 0.255. The van der Waals surface area contributed by atoms with E-state index in [2.05, 4.69) is 0 Å². The van der Waals surface area contributed by atoms with E-state index in [1.54, 1.807) is 31.1 Å². The number of hydrogen-bond donors (Lipinski definition) is 0.